The van der Waals surface area contributed by atoms with Crippen LogP contribution in [-0.2, 0) is 4.74 Å². The minimum atomic E-state index is -0.417. The van der Waals surface area contributed by atoms with Gasteiger partial charge in [-0.25, -0.2) is 9.18 Å². The van der Waals surface area contributed by atoms with E-state index in [1.165, 1.54) is 12.1 Å². The molecule has 19 heavy (non-hydrogen) atoms. The first-order valence-corrected chi connectivity index (χ1v) is 5.94. The van der Waals surface area contributed by atoms with Crippen molar-refractivity contribution in [2.24, 2.45) is 0 Å². The van der Waals surface area contributed by atoms with Crippen molar-refractivity contribution in [3.63, 3.8) is 0 Å². The van der Waals surface area contributed by atoms with Crippen LogP contribution in [0.3, 0.4) is 0 Å². The number of carbonyl (C=O) groups excluding carboxylic acids is 1. The fourth-order valence-corrected chi connectivity index (χ4v) is 1.80. The van der Waals surface area contributed by atoms with Gasteiger partial charge in [0.2, 0.25) is 0 Å². The molecule has 0 spiro atoms. The van der Waals surface area contributed by atoms with E-state index in [1.54, 1.807) is 37.3 Å². The van der Waals surface area contributed by atoms with E-state index < -0.39 is 5.97 Å². The molecule has 2 N–H and O–H groups in total. The van der Waals surface area contributed by atoms with Crippen molar-refractivity contribution in [1.29, 1.82) is 0 Å². The van der Waals surface area contributed by atoms with Crippen LogP contribution in [-0.4, -0.2) is 12.6 Å². The Bertz CT molecular complexity index is 611. The zero-order valence-electron chi connectivity index (χ0n) is 10.5. The summed E-state index contributed by atoms with van der Waals surface area (Å²) < 4.78 is 18.2. The topological polar surface area (TPSA) is 52.3 Å². The lowest BCUT2D eigenvalue weighted by molar-refractivity contribution is 0.0526. The maximum atomic E-state index is 13.2. The number of rotatable bonds is 3. The van der Waals surface area contributed by atoms with E-state index in [9.17, 15) is 9.18 Å². The number of halogens is 1. The number of nitrogen functional groups attached to an aromatic ring is 1. The third-order valence-corrected chi connectivity index (χ3v) is 2.70. The summed E-state index contributed by atoms with van der Waals surface area (Å²) in [6.07, 6.45) is 0. The summed E-state index contributed by atoms with van der Waals surface area (Å²) in [7, 11) is 0. The first-order chi connectivity index (χ1) is 9.11. The number of esters is 1. The summed E-state index contributed by atoms with van der Waals surface area (Å²) in [5, 5.41) is 0. The van der Waals surface area contributed by atoms with Gasteiger partial charge in [0.25, 0.3) is 0 Å². The molecule has 3 nitrogen and oxygen atoms in total. The van der Waals surface area contributed by atoms with E-state index >= 15 is 0 Å². The van der Waals surface area contributed by atoms with Crippen LogP contribution in [0.2, 0.25) is 0 Å². The number of ether oxygens (including phenoxy) is 1. The molecule has 2 aromatic rings. The summed E-state index contributed by atoms with van der Waals surface area (Å²) in [6.45, 7) is 2.04. The average molecular weight is 259 g/mol. The van der Waals surface area contributed by atoms with Gasteiger partial charge in [-0.3, -0.25) is 0 Å². The zero-order valence-corrected chi connectivity index (χ0v) is 10.5. The van der Waals surface area contributed by atoms with Gasteiger partial charge in [-0.1, -0.05) is 12.1 Å². The van der Waals surface area contributed by atoms with Crippen molar-refractivity contribution in [1.82, 2.24) is 0 Å². The summed E-state index contributed by atoms with van der Waals surface area (Å²) in [6, 6.07) is 10.9. The molecule has 0 heterocycles. The molecule has 0 aliphatic rings. The lowest BCUT2D eigenvalue weighted by atomic mass is 10.0. The fraction of sp³-hybridized carbons (Fsp3) is 0.133. The van der Waals surface area contributed by atoms with Crippen LogP contribution >= 0.6 is 0 Å². The molecule has 2 rings (SSSR count). The second-order valence-corrected chi connectivity index (χ2v) is 4.03. The number of hydrogen-bond acceptors (Lipinski definition) is 3. The van der Waals surface area contributed by atoms with Crippen molar-refractivity contribution in [2.45, 2.75) is 6.92 Å². The van der Waals surface area contributed by atoms with Crippen LogP contribution in [0.25, 0.3) is 11.1 Å². The average Bonchev–Trinajstić information content (AvgIpc) is 2.39. The maximum absolute atomic E-state index is 13.2. The minimum Gasteiger partial charge on any atom is -0.462 e. The SMILES string of the molecule is CCOC(=O)c1ccc(N)c(-c2cccc(F)c2)c1. The van der Waals surface area contributed by atoms with Crippen LogP contribution in [0.1, 0.15) is 17.3 Å². The molecule has 0 aromatic heterocycles. The number of benzene rings is 2. The largest absolute Gasteiger partial charge is 0.462 e. The summed E-state index contributed by atoms with van der Waals surface area (Å²) in [5.41, 5.74) is 8.00. The van der Waals surface area contributed by atoms with Crippen molar-refractivity contribution in [2.75, 3.05) is 12.3 Å². The Morgan fingerprint density at radius 2 is 2.05 bits per heavy atom. The van der Waals surface area contributed by atoms with E-state index in [4.69, 9.17) is 10.5 Å². The van der Waals surface area contributed by atoms with E-state index in [0.29, 0.717) is 29.0 Å². The van der Waals surface area contributed by atoms with Crippen LogP contribution in [0.5, 0.6) is 0 Å². The molecule has 0 unspecified atom stereocenters. The molecule has 0 aliphatic carbocycles. The predicted molar refractivity (Wildman–Crippen MR) is 72.2 cm³/mol. The monoisotopic (exact) mass is 259 g/mol. The zero-order chi connectivity index (χ0) is 13.8. The highest BCUT2D eigenvalue weighted by atomic mass is 19.1. The number of carbonyl (C=O) groups is 1. The van der Waals surface area contributed by atoms with Gasteiger partial charge in [0.1, 0.15) is 5.82 Å². The summed E-state index contributed by atoms with van der Waals surface area (Å²) >= 11 is 0. The number of hydrogen-bond donors (Lipinski definition) is 1. The van der Waals surface area contributed by atoms with Gasteiger partial charge >= 0.3 is 5.97 Å². The lowest BCUT2D eigenvalue weighted by Gasteiger charge is -2.08. The van der Waals surface area contributed by atoms with Crippen molar-refractivity contribution < 1.29 is 13.9 Å². The second kappa shape index (κ2) is 5.52. The molecule has 0 aliphatic heterocycles. The lowest BCUT2D eigenvalue weighted by Crippen LogP contribution is -2.05. The first kappa shape index (κ1) is 13.1. The summed E-state index contributed by atoms with van der Waals surface area (Å²) in [5.74, 6) is -0.765. The highest BCUT2D eigenvalue weighted by Gasteiger charge is 2.10. The van der Waals surface area contributed by atoms with Gasteiger partial charge < -0.3 is 10.5 Å². The van der Waals surface area contributed by atoms with Gasteiger partial charge in [0.15, 0.2) is 0 Å². The molecular formula is C15H14FNO2. The normalized spacial score (nSPS) is 10.2. The molecule has 0 atom stereocenters. The predicted octanol–water partition coefficient (Wildman–Crippen LogP) is 3.25. The van der Waals surface area contributed by atoms with Crippen molar-refractivity contribution >= 4 is 11.7 Å². The quantitative estimate of drug-likeness (QED) is 0.680. The highest BCUT2D eigenvalue weighted by molar-refractivity contribution is 5.93. The second-order valence-electron chi connectivity index (χ2n) is 4.03. The minimum absolute atomic E-state index is 0.304. The van der Waals surface area contributed by atoms with Crippen molar-refractivity contribution in [3.05, 3.63) is 53.8 Å². The molecule has 0 saturated carbocycles. The summed E-state index contributed by atoms with van der Waals surface area (Å²) in [4.78, 5) is 11.7. The van der Waals surface area contributed by atoms with E-state index in [0.717, 1.165) is 0 Å². The van der Waals surface area contributed by atoms with Gasteiger partial charge in [0, 0.05) is 11.3 Å². The molecule has 0 saturated heterocycles. The Kier molecular flexibility index (Phi) is 3.80. The number of nitrogens with two attached hydrogens (primary N) is 1. The Hall–Kier alpha value is -2.36. The molecule has 0 fully saturated rings. The van der Waals surface area contributed by atoms with Crippen LogP contribution in [0, 0.1) is 5.82 Å². The fourth-order valence-electron chi connectivity index (χ4n) is 1.80. The van der Waals surface area contributed by atoms with E-state index in [2.05, 4.69) is 0 Å². The molecule has 98 valence electrons. The first-order valence-electron chi connectivity index (χ1n) is 5.94. The third-order valence-electron chi connectivity index (χ3n) is 2.70. The van der Waals surface area contributed by atoms with Crippen LogP contribution < -0.4 is 5.73 Å². The van der Waals surface area contributed by atoms with E-state index in [-0.39, 0.29) is 5.82 Å². The molecule has 2 aromatic carbocycles. The molecular weight excluding hydrogens is 245 g/mol. The standard InChI is InChI=1S/C15H14FNO2/c1-2-19-15(18)11-6-7-14(17)13(9-11)10-4-3-5-12(16)8-10/h3-9H,2,17H2,1H3. The number of anilines is 1. The molecule has 0 bridgehead atoms. The molecule has 0 amide bonds. The Balaban J connectivity index is 2.45. The maximum Gasteiger partial charge on any atom is 0.338 e. The molecule has 4 heteroatoms. The van der Waals surface area contributed by atoms with Crippen LogP contribution in [0.15, 0.2) is 42.5 Å². The van der Waals surface area contributed by atoms with Crippen molar-refractivity contribution in [3.8, 4) is 11.1 Å². The Labute approximate surface area is 110 Å². The Morgan fingerprint density at radius 1 is 1.26 bits per heavy atom. The third kappa shape index (κ3) is 2.91. The van der Waals surface area contributed by atoms with Gasteiger partial charge in [-0.2, -0.15) is 0 Å². The molecule has 0 radical (unpaired) electrons. The highest BCUT2D eigenvalue weighted by Crippen LogP contribution is 2.27. The van der Waals surface area contributed by atoms with E-state index in [1.807, 2.05) is 0 Å². The van der Waals surface area contributed by atoms with Gasteiger partial charge in [-0.05, 0) is 42.8 Å². The van der Waals surface area contributed by atoms with Gasteiger partial charge in [0.05, 0.1) is 12.2 Å². The van der Waals surface area contributed by atoms with Gasteiger partial charge in [-0.15, -0.1) is 0 Å². The van der Waals surface area contributed by atoms with Crippen LogP contribution in [0.4, 0.5) is 10.1 Å². The smallest absolute Gasteiger partial charge is 0.338 e. The Morgan fingerprint density at radius 3 is 2.74 bits per heavy atom.